The maximum absolute atomic E-state index is 5.58. The molecule has 2 aromatic carbocycles. The van der Waals surface area contributed by atoms with Crippen LogP contribution < -0.4 is 0 Å². The van der Waals surface area contributed by atoms with E-state index < -0.39 is 0 Å². The number of ether oxygens (including phenoxy) is 1. The molecule has 1 saturated heterocycles. The Hall–Kier alpha value is -2.52. The zero-order valence-electron chi connectivity index (χ0n) is 13.2. The fraction of sp³-hybridized carbons (Fsp3) is 0.200. The van der Waals surface area contributed by atoms with Gasteiger partial charge in [0.2, 0.25) is 11.2 Å². The second-order valence-corrected chi connectivity index (χ2v) is 6.15. The summed E-state index contributed by atoms with van der Waals surface area (Å²) in [5.74, 6) is 0. The van der Waals surface area contributed by atoms with Crippen molar-refractivity contribution in [2.45, 2.75) is 12.5 Å². The van der Waals surface area contributed by atoms with E-state index in [0.717, 1.165) is 16.6 Å². The first kappa shape index (κ1) is 14.1. The maximum atomic E-state index is 5.58. The molecule has 1 aliphatic rings. The Morgan fingerprint density at radius 1 is 1.09 bits per heavy atom. The van der Waals surface area contributed by atoms with Gasteiger partial charge in [-0.15, -0.1) is 0 Å². The van der Waals surface area contributed by atoms with Gasteiger partial charge < -0.3 is 4.74 Å². The first-order chi connectivity index (χ1) is 11.2. The van der Waals surface area contributed by atoms with Crippen LogP contribution in [0.3, 0.4) is 0 Å². The summed E-state index contributed by atoms with van der Waals surface area (Å²) in [7, 11) is 0. The lowest BCUT2D eigenvalue weighted by Gasteiger charge is -2.38. The Morgan fingerprint density at radius 2 is 1.91 bits per heavy atom. The van der Waals surface area contributed by atoms with Crippen molar-refractivity contribution in [3.63, 3.8) is 0 Å². The number of rotatable bonds is 3. The van der Waals surface area contributed by atoms with E-state index in [1.54, 1.807) is 0 Å². The molecular formula is C20H19N2O+. The fourth-order valence-electron chi connectivity index (χ4n) is 3.32. The third kappa shape index (κ3) is 2.16. The van der Waals surface area contributed by atoms with Crippen molar-refractivity contribution in [1.29, 1.82) is 0 Å². The topological polar surface area (TPSA) is 25.1 Å². The van der Waals surface area contributed by atoms with E-state index in [-0.39, 0.29) is 5.54 Å². The van der Waals surface area contributed by atoms with Gasteiger partial charge in [-0.25, -0.2) is 0 Å². The third-order valence-electron chi connectivity index (χ3n) is 4.75. The predicted octanol–water partition coefficient (Wildman–Crippen LogP) is 3.81. The minimum Gasteiger partial charge on any atom is -0.366 e. The van der Waals surface area contributed by atoms with E-state index in [0.29, 0.717) is 13.2 Å². The second-order valence-electron chi connectivity index (χ2n) is 6.15. The van der Waals surface area contributed by atoms with Crippen LogP contribution in [0.2, 0.25) is 0 Å². The molecule has 23 heavy (non-hydrogen) atoms. The lowest BCUT2D eigenvalue weighted by molar-refractivity contribution is -0.576. The van der Waals surface area contributed by atoms with Crippen molar-refractivity contribution >= 4 is 23.3 Å². The molecule has 3 heteroatoms. The molecule has 0 spiro atoms. The van der Waals surface area contributed by atoms with Crippen molar-refractivity contribution in [2.24, 2.45) is 0 Å². The van der Waals surface area contributed by atoms with Gasteiger partial charge in [0.1, 0.15) is 19.9 Å². The highest BCUT2D eigenvalue weighted by molar-refractivity contribution is 5.80. The number of hydrogen-bond donors (Lipinski definition) is 0. The molecule has 1 aromatic heterocycles. The van der Waals surface area contributed by atoms with Gasteiger partial charge in [-0.05, 0) is 24.6 Å². The van der Waals surface area contributed by atoms with Crippen LogP contribution in [0.4, 0.5) is 5.69 Å². The minimum atomic E-state index is -0.201. The highest BCUT2D eigenvalue weighted by atomic mass is 16.5. The van der Waals surface area contributed by atoms with E-state index in [9.17, 15) is 0 Å². The molecule has 0 atom stereocenters. The van der Waals surface area contributed by atoms with Crippen molar-refractivity contribution in [3.8, 4) is 0 Å². The van der Waals surface area contributed by atoms with E-state index in [2.05, 4.69) is 71.7 Å². The van der Waals surface area contributed by atoms with Gasteiger partial charge in [-0.3, -0.25) is 4.98 Å². The Balaban J connectivity index is 1.81. The fourth-order valence-corrected chi connectivity index (χ4v) is 3.32. The van der Waals surface area contributed by atoms with E-state index in [4.69, 9.17) is 4.74 Å². The molecule has 0 N–H and O–H groups in total. The SMILES string of the molecule is C=[N+](c1ccc2cccnc2c1)C1(c2ccccc2C)COC1. The number of aryl methyl sites for hydroxylation is 1. The highest BCUT2D eigenvalue weighted by Crippen LogP contribution is 2.39. The van der Waals surface area contributed by atoms with E-state index in [1.807, 2.05) is 12.3 Å². The lowest BCUT2D eigenvalue weighted by Crippen LogP contribution is -2.53. The maximum Gasteiger partial charge on any atom is 0.239 e. The quantitative estimate of drug-likeness (QED) is 0.543. The van der Waals surface area contributed by atoms with Crippen molar-refractivity contribution < 1.29 is 9.31 Å². The standard InChI is InChI=1S/C20H19N2O/c1-15-6-3-4-8-18(15)20(13-23-14-20)22(2)17-10-9-16-7-5-11-21-19(16)12-17/h3-12H,2,13-14H2,1H3/q+1. The van der Waals surface area contributed by atoms with Crippen LogP contribution in [0.5, 0.6) is 0 Å². The number of hydrogen-bond acceptors (Lipinski definition) is 2. The molecular weight excluding hydrogens is 284 g/mol. The van der Waals surface area contributed by atoms with Gasteiger partial charge >= 0.3 is 0 Å². The normalized spacial score (nSPS) is 16.0. The van der Waals surface area contributed by atoms with Crippen molar-refractivity contribution in [3.05, 3.63) is 71.9 Å². The molecule has 114 valence electrons. The molecule has 0 saturated carbocycles. The number of fused-ring (bicyclic) bond motifs is 1. The van der Waals surface area contributed by atoms with E-state index >= 15 is 0 Å². The van der Waals surface area contributed by atoms with Gasteiger partial charge in [0, 0.05) is 29.3 Å². The van der Waals surface area contributed by atoms with Crippen LogP contribution >= 0.6 is 0 Å². The van der Waals surface area contributed by atoms with Crippen molar-refractivity contribution in [2.75, 3.05) is 13.2 Å². The molecule has 0 radical (unpaired) electrons. The third-order valence-corrected chi connectivity index (χ3v) is 4.75. The molecule has 3 aromatic rings. The average molecular weight is 303 g/mol. The van der Waals surface area contributed by atoms with Crippen LogP contribution in [0.25, 0.3) is 10.9 Å². The second kappa shape index (κ2) is 5.28. The lowest BCUT2D eigenvalue weighted by atomic mass is 9.84. The van der Waals surface area contributed by atoms with Gasteiger partial charge in [0.15, 0.2) is 0 Å². The molecule has 3 nitrogen and oxygen atoms in total. The number of benzene rings is 2. The summed E-state index contributed by atoms with van der Waals surface area (Å²) in [6.45, 7) is 7.81. The Bertz CT molecular complexity index is 897. The van der Waals surface area contributed by atoms with Crippen LogP contribution in [-0.4, -0.2) is 29.5 Å². The number of pyridine rings is 1. The first-order valence-electron chi connectivity index (χ1n) is 7.80. The molecule has 4 rings (SSSR count). The zero-order valence-corrected chi connectivity index (χ0v) is 13.2. The minimum absolute atomic E-state index is 0.201. The highest BCUT2D eigenvalue weighted by Gasteiger charge is 2.51. The predicted molar refractivity (Wildman–Crippen MR) is 92.5 cm³/mol. The summed E-state index contributed by atoms with van der Waals surface area (Å²) in [5.41, 5.74) is 4.39. The van der Waals surface area contributed by atoms with E-state index in [1.165, 1.54) is 11.1 Å². The molecule has 0 bridgehead atoms. The first-order valence-corrected chi connectivity index (χ1v) is 7.80. The molecule has 1 fully saturated rings. The summed E-state index contributed by atoms with van der Waals surface area (Å²) >= 11 is 0. The van der Waals surface area contributed by atoms with Gasteiger partial charge in [-0.2, -0.15) is 4.58 Å². The van der Waals surface area contributed by atoms with Crippen LogP contribution in [0, 0.1) is 6.92 Å². The van der Waals surface area contributed by atoms with Gasteiger partial charge in [0.05, 0.1) is 5.52 Å². The Labute approximate surface area is 135 Å². The average Bonchev–Trinajstić information content (AvgIpc) is 2.55. The van der Waals surface area contributed by atoms with Gasteiger partial charge in [-0.1, -0.05) is 30.3 Å². The summed E-state index contributed by atoms with van der Waals surface area (Å²) in [6, 6.07) is 18.8. The van der Waals surface area contributed by atoms with Crippen LogP contribution in [0.15, 0.2) is 60.8 Å². The Morgan fingerprint density at radius 3 is 2.65 bits per heavy atom. The molecule has 2 heterocycles. The summed E-state index contributed by atoms with van der Waals surface area (Å²) in [5, 5.41) is 1.14. The Kier molecular flexibility index (Phi) is 3.24. The van der Waals surface area contributed by atoms with Crippen LogP contribution in [-0.2, 0) is 10.3 Å². The van der Waals surface area contributed by atoms with Gasteiger partial charge in [0.25, 0.3) is 0 Å². The largest absolute Gasteiger partial charge is 0.366 e. The smallest absolute Gasteiger partial charge is 0.239 e. The monoisotopic (exact) mass is 303 g/mol. The molecule has 0 aliphatic carbocycles. The zero-order chi connectivity index (χ0) is 15.9. The van der Waals surface area contributed by atoms with Crippen molar-refractivity contribution in [1.82, 2.24) is 4.98 Å². The number of nitrogens with zero attached hydrogens (tertiary/aromatic N) is 2. The number of aromatic nitrogens is 1. The molecule has 0 unspecified atom stereocenters. The summed E-state index contributed by atoms with van der Waals surface area (Å²) in [6.07, 6.45) is 1.82. The summed E-state index contributed by atoms with van der Waals surface area (Å²) in [4.78, 5) is 4.45. The summed E-state index contributed by atoms with van der Waals surface area (Å²) < 4.78 is 7.67. The van der Waals surface area contributed by atoms with Crippen LogP contribution in [0.1, 0.15) is 11.1 Å². The molecule has 1 aliphatic heterocycles. The molecule has 0 amide bonds.